The molecule has 1 aliphatic heterocycles. The predicted molar refractivity (Wildman–Crippen MR) is 72.5 cm³/mol. The average Bonchev–Trinajstić information content (AvgIpc) is 2.97. The van der Waals surface area contributed by atoms with Gasteiger partial charge in [0.25, 0.3) is 0 Å². The molecule has 0 aliphatic carbocycles. The van der Waals surface area contributed by atoms with Crippen LogP contribution in [0.1, 0.15) is 30.5 Å². The molecule has 0 spiro atoms. The predicted octanol–water partition coefficient (Wildman–Crippen LogP) is 2.82. The molecule has 3 rings (SSSR count). The molecule has 0 radical (unpaired) electrons. The highest BCUT2D eigenvalue weighted by Gasteiger charge is 2.20. The van der Waals surface area contributed by atoms with Gasteiger partial charge in [-0.2, -0.15) is 0 Å². The minimum atomic E-state index is 0.692. The van der Waals surface area contributed by atoms with Crippen molar-refractivity contribution in [2.75, 3.05) is 13.1 Å². The second-order valence-corrected chi connectivity index (χ2v) is 5.06. The quantitative estimate of drug-likeness (QED) is 0.836. The maximum absolute atomic E-state index is 3.45. The molecular formula is C15H20N2. The first-order valence-corrected chi connectivity index (χ1v) is 6.58. The lowest BCUT2D eigenvalue weighted by Gasteiger charge is -2.10. The lowest BCUT2D eigenvalue weighted by molar-refractivity contribution is 0.694. The molecule has 0 saturated carbocycles. The first kappa shape index (κ1) is 10.8. The van der Waals surface area contributed by atoms with Crippen LogP contribution >= 0.6 is 0 Å². The van der Waals surface area contributed by atoms with Gasteiger partial charge in [-0.3, -0.25) is 0 Å². The SMILES string of the molecule is CCc1ccc2c(c1)cc(C1CCNC1)n2C. The number of hydrogen-bond acceptors (Lipinski definition) is 1. The van der Waals surface area contributed by atoms with E-state index in [9.17, 15) is 0 Å². The number of hydrogen-bond donors (Lipinski definition) is 1. The van der Waals surface area contributed by atoms with Crippen LogP contribution in [0.3, 0.4) is 0 Å². The van der Waals surface area contributed by atoms with Crippen LogP contribution in [0.2, 0.25) is 0 Å². The second-order valence-electron chi connectivity index (χ2n) is 5.06. The molecule has 1 atom stereocenters. The van der Waals surface area contributed by atoms with E-state index in [-0.39, 0.29) is 0 Å². The highest BCUT2D eigenvalue weighted by molar-refractivity contribution is 5.82. The van der Waals surface area contributed by atoms with Crippen LogP contribution in [-0.4, -0.2) is 17.7 Å². The fourth-order valence-electron chi connectivity index (χ4n) is 2.94. The van der Waals surface area contributed by atoms with Gasteiger partial charge < -0.3 is 9.88 Å². The van der Waals surface area contributed by atoms with Crippen molar-refractivity contribution >= 4 is 10.9 Å². The summed E-state index contributed by atoms with van der Waals surface area (Å²) >= 11 is 0. The second kappa shape index (κ2) is 4.19. The Balaban J connectivity index is 2.10. The molecule has 1 aromatic heterocycles. The van der Waals surface area contributed by atoms with Crippen molar-refractivity contribution in [2.24, 2.45) is 7.05 Å². The largest absolute Gasteiger partial charge is 0.347 e. The zero-order chi connectivity index (χ0) is 11.8. The molecular weight excluding hydrogens is 208 g/mol. The van der Waals surface area contributed by atoms with Crippen molar-refractivity contribution < 1.29 is 0 Å². The zero-order valence-corrected chi connectivity index (χ0v) is 10.7. The molecule has 17 heavy (non-hydrogen) atoms. The summed E-state index contributed by atoms with van der Waals surface area (Å²) in [6, 6.07) is 9.23. The molecule has 2 aromatic rings. The Labute approximate surface area is 103 Å². The lowest BCUT2D eigenvalue weighted by Crippen LogP contribution is -2.10. The highest BCUT2D eigenvalue weighted by atomic mass is 15.0. The number of rotatable bonds is 2. The normalized spacial score (nSPS) is 20.2. The number of aromatic nitrogens is 1. The Morgan fingerprint density at radius 3 is 2.94 bits per heavy atom. The third-order valence-corrected chi connectivity index (χ3v) is 4.03. The van der Waals surface area contributed by atoms with Gasteiger partial charge in [-0.15, -0.1) is 0 Å². The molecule has 1 unspecified atom stereocenters. The van der Waals surface area contributed by atoms with E-state index in [1.807, 2.05) is 0 Å². The minimum absolute atomic E-state index is 0.692. The van der Waals surface area contributed by atoms with E-state index in [1.54, 1.807) is 0 Å². The zero-order valence-electron chi connectivity index (χ0n) is 10.7. The maximum atomic E-state index is 3.45. The van der Waals surface area contributed by atoms with Crippen molar-refractivity contribution in [3.05, 3.63) is 35.5 Å². The summed E-state index contributed by atoms with van der Waals surface area (Å²) in [6.07, 6.45) is 2.38. The fourth-order valence-corrected chi connectivity index (χ4v) is 2.94. The van der Waals surface area contributed by atoms with Crippen molar-refractivity contribution in [1.29, 1.82) is 0 Å². The van der Waals surface area contributed by atoms with Crippen LogP contribution in [-0.2, 0) is 13.5 Å². The third kappa shape index (κ3) is 1.77. The summed E-state index contributed by atoms with van der Waals surface area (Å²) in [6.45, 7) is 4.50. The molecule has 0 amide bonds. The van der Waals surface area contributed by atoms with E-state index in [2.05, 4.69) is 48.1 Å². The topological polar surface area (TPSA) is 17.0 Å². The Bertz CT molecular complexity index is 533. The molecule has 0 bridgehead atoms. The third-order valence-electron chi connectivity index (χ3n) is 4.03. The van der Waals surface area contributed by atoms with Crippen molar-refractivity contribution in [2.45, 2.75) is 25.7 Å². The van der Waals surface area contributed by atoms with E-state index < -0.39 is 0 Å². The Morgan fingerprint density at radius 2 is 2.24 bits per heavy atom. The number of aryl methyl sites for hydroxylation is 2. The summed E-state index contributed by atoms with van der Waals surface area (Å²) in [7, 11) is 2.20. The van der Waals surface area contributed by atoms with E-state index >= 15 is 0 Å². The van der Waals surface area contributed by atoms with Gasteiger partial charge in [-0.1, -0.05) is 13.0 Å². The Hall–Kier alpha value is -1.28. The number of benzene rings is 1. The first-order valence-electron chi connectivity index (χ1n) is 6.58. The van der Waals surface area contributed by atoms with Crippen LogP contribution in [0.25, 0.3) is 10.9 Å². The molecule has 2 nitrogen and oxygen atoms in total. The van der Waals surface area contributed by atoms with E-state index in [0.717, 1.165) is 19.5 Å². The van der Waals surface area contributed by atoms with E-state index in [0.29, 0.717) is 5.92 Å². The summed E-state index contributed by atoms with van der Waals surface area (Å²) in [5.41, 5.74) is 4.28. The maximum Gasteiger partial charge on any atom is 0.0480 e. The van der Waals surface area contributed by atoms with Gasteiger partial charge in [0.05, 0.1) is 0 Å². The number of nitrogens with zero attached hydrogens (tertiary/aromatic N) is 1. The number of nitrogens with one attached hydrogen (secondary N) is 1. The summed E-state index contributed by atoms with van der Waals surface area (Å²) in [4.78, 5) is 0. The smallest absolute Gasteiger partial charge is 0.0480 e. The van der Waals surface area contributed by atoms with Gasteiger partial charge in [0.15, 0.2) is 0 Å². The highest BCUT2D eigenvalue weighted by Crippen LogP contribution is 2.28. The Kier molecular flexibility index (Phi) is 2.67. The molecule has 90 valence electrons. The van der Waals surface area contributed by atoms with Crippen molar-refractivity contribution in [3.63, 3.8) is 0 Å². The van der Waals surface area contributed by atoms with Crippen LogP contribution in [0.5, 0.6) is 0 Å². The molecule has 1 aliphatic rings. The summed E-state index contributed by atoms with van der Waals surface area (Å²) in [5.74, 6) is 0.692. The van der Waals surface area contributed by atoms with Gasteiger partial charge >= 0.3 is 0 Å². The van der Waals surface area contributed by atoms with Crippen LogP contribution in [0.4, 0.5) is 0 Å². The standard InChI is InChI=1S/C15H20N2/c1-3-11-4-5-14-13(8-11)9-15(17(14)2)12-6-7-16-10-12/h4-5,8-9,12,16H,3,6-7,10H2,1-2H3. The van der Waals surface area contributed by atoms with Gasteiger partial charge in [-0.25, -0.2) is 0 Å². The van der Waals surface area contributed by atoms with Gasteiger partial charge in [-0.05, 0) is 43.1 Å². The molecule has 1 aromatic carbocycles. The van der Waals surface area contributed by atoms with Crippen molar-refractivity contribution in [1.82, 2.24) is 9.88 Å². The van der Waals surface area contributed by atoms with Crippen LogP contribution in [0.15, 0.2) is 24.3 Å². The van der Waals surface area contributed by atoms with Gasteiger partial charge in [0, 0.05) is 36.1 Å². The number of fused-ring (bicyclic) bond motifs is 1. The van der Waals surface area contributed by atoms with E-state index in [4.69, 9.17) is 0 Å². The van der Waals surface area contributed by atoms with Crippen LogP contribution < -0.4 is 5.32 Å². The van der Waals surface area contributed by atoms with Crippen LogP contribution in [0, 0.1) is 0 Å². The average molecular weight is 228 g/mol. The summed E-state index contributed by atoms with van der Waals surface area (Å²) < 4.78 is 2.37. The molecule has 1 N–H and O–H groups in total. The summed E-state index contributed by atoms with van der Waals surface area (Å²) in [5, 5.41) is 4.85. The monoisotopic (exact) mass is 228 g/mol. The molecule has 1 fully saturated rings. The Morgan fingerprint density at radius 1 is 1.35 bits per heavy atom. The molecule has 1 saturated heterocycles. The van der Waals surface area contributed by atoms with Gasteiger partial charge in [0.1, 0.15) is 0 Å². The minimum Gasteiger partial charge on any atom is -0.347 e. The first-order chi connectivity index (χ1) is 8.29. The van der Waals surface area contributed by atoms with Crippen molar-refractivity contribution in [3.8, 4) is 0 Å². The van der Waals surface area contributed by atoms with E-state index in [1.165, 1.54) is 28.6 Å². The fraction of sp³-hybridized carbons (Fsp3) is 0.467. The lowest BCUT2D eigenvalue weighted by atomic mass is 10.0. The molecule has 2 heterocycles. The van der Waals surface area contributed by atoms with Gasteiger partial charge in [0.2, 0.25) is 0 Å². The molecule has 2 heteroatoms.